The number of fused-ring (bicyclic) bond motifs is 1. The topological polar surface area (TPSA) is 30.8 Å². The summed E-state index contributed by atoms with van der Waals surface area (Å²) >= 11 is 3.31. The molecule has 1 heterocycles. The molecule has 104 valence electrons. The van der Waals surface area contributed by atoms with E-state index in [2.05, 4.69) is 25.9 Å². The van der Waals surface area contributed by atoms with Crippen LogP contribution < -0.4 is 4.74 Å². The minimum atomic E-state index is -4.38. The van der Waals surface area contributed by atoms with Gasteiger partial charge in [-0.15, -0.1) is 0 Å². The van der Waals surface area contributed by atoms with E-state index in [-0.39, 0.29) is 0 Å². The van der Waals surface area contributed by atoms with Crippen molar-refractivity contribution in [2.45, 2.75) is 19.0 Å². The zero-order valence-corrected chi connectivity index (χ0v) is 11.4. The zero-order valence-electron chi connectivity index (χ0n) is 9.84. The molecule has 0 saturated heterocycles. The van der Waals surface area contributed by atoms with Crippen molar-refractivity contribution in [2.75, 3.05) is 13.2 Å². The third kappa shape index (κ3) is 4.12. The third-order valence-corrected chi connectivity index (χ3v) is 2.96. The quantitative estimate of drug-likeness (QED) is 0.766. The maximum absolute atomic E-state index is 12.0. The summed E-state index contributed by atoms with van der Waals surface area (Å²) < 4.78 is 42.4. The van der Waals surface area contributed by atoms with Crippen molar-refractivity contribution in [2.24, 2.45) is 5.16 Å². The van der Waals surface area contributed by atoms with E-state index in [0.29, 0.717) is 36.5 Å². The average Bonchev–Trinajstić information content (AvgIpc) is 2.50. The van der Waals surface area contributed by atoms with Crippen LogP contribution in [0.4, 0.5) is 13.2 Å². The third-order valence-electron chi connectivity index (χ3n) is 2.47. The highest BCUT2D eigenvalue weighted by atomic mass is 79.9. The molecule has 0 unspecified atom stereocenters. The van der Waals surface area contributed by atoms with Crippen LogP contribution in [0.3, 0.4) is 0 Å². The van der Waals surface area contributed by atoms with E-state index in [1.165, 1.54) is 0 Å². The first-order valence-corrected chi connectivity index (χ1v) is 6.43. The van der Waals surface area contributed by atoms with Crippen LogP contribution in [0.2, 0.25) is 0 Å². The van der Waals surface area contributed by atoms with Gasteiger partial charge in [0, 0.05) is 10.0 Å². The summed E-state index contributed by atoms with van der Waals surface area (Å²) in [6.07, 6.45) is -3.19. The lowest BCUT2D eigenvalue weighted by atomic mass is 10.1. The van der Waals surface area contributed by atoms with Crippen LogP contribution in [0.15, 0.2) is 27.8 Å². The molecule has 0 atom stereocenters. The smallest absolute Gasteiger partial charge is 0.425 e. The first kappa shape index (κ1) is 14.2. The Kier molecular flexibility index (Phi) is 4.34. The molecule has 0 amide bonds. The van der Waals surface area contributed by atoms with Gasteiger partial charge in [-0.1, -0.05) is 21.1 Å². The lowest BCUT2D eigenvalue weighted by Crippen LogP contribution is -2.15. The fraction of sp³-hybridized carbons (Fsp3) is 0.417. The summed E-state index contributed by atoms with van der Waals surface area (Å²) in [4.78, 5) is 4.38. The van der Waals surface area contributed by atoms with Gasteiger partial charge in [-0.3, -0.25) is 0 Å². The molecule has 1 aliphatic heterocycles. The van der Waals surface area contributed by atoms with Gasteiger partial charge in [0.25, 0.3) is 0 Å². The molecule has 0 N–H and O–H groups in total. The molecule has 2 rings (SSSR count). The van der Waals surface area contributed by atoms with Gasteiger partial charge < -0.3 is 9.57 Å². The van der Waals surface area contributed by atoms with Crippen LogP contribution in [-0.4, -0.2) is 25.1 Å². The van der Waals surface area contributed by atoms with Crippen molar-refractivity contribution in [3.63, 3.8) is 0 Å². The van der Waals surface area contributed by atoms with Crippen molar-refractivity contribution >= 4 is 21.6 Å². The minimum Gasteiger partial charge on any atom is -0.493 e. The predicted molar refractivity (Wildman–Crippen MR) is 67.4 cm³/mol. The maximum Gasteiger partial charge on any atom is 0.425 e. The fourth-order valence-corrected chi connectivity index (χ4v) is 2.05. The molecule has 0 spiro atoms. The highest BCUT2D eigenvalue weighted by molar-refractivity contribution is 9.10. The Hall–Kier alpha value is -1.24. The Morgan fingerprint density at radius 3 is 2.89 bits per heavy atom. The molecule has 3 nitrogen and oxygen atoms in total. The van der Waals surface area contributed by atoms with Gasteiger partial charge in [0.15, 0.2) is 0 Å². The first-order valence-electron chi connectivity index (χ1n) is 5.64. The molecular formula is C12H11BrF3NO2. The second-order valence-corrected chi connectivity index (χ2v) is 4.93. The standard InChI is InChI=1S/C12H11BrF3NO2/c13-8-3-4-11-9(6-8)10(2-1-5-18-11)17-19-7-12(14,15)16/h3-4,6H,1-2,5,7H2. The highest BCUT2D eigenvalue weighted by Crippen LogP contribution is 2.28. The molecule has 0 radical (unpaired) electrons. The van der Waals surface area contributed by atoms with Crippen LogP contribution in [0, 0.1) is 0 Å². The summed E-state index contributed by atoms with van der Waals surface area (Å²) in [6.45, 7) is -0.881. The summed E-state index contributed by atoms with van der Waals surface area (Å²) in [7, 11) is 0. The van der Waals surface area contributed by atoms with E-state index in [0.717, 1.165) is 4.47 Å². The molecule has 19 heavy (non-hydrogen) atoms. The number of hydrogen-bond acceptors (Lipinski definition) is 3. The van der Waals surface area contributed by atoms with E-state index >= 15 is 0 Å². The molecule has 1 aromatic rings. The number of halogens is 4. The van der Waals surface area contributed by atoms with Gasteiger partial charge in [-0.2, -0.15) is 13.2 Å². The summed E-state index contributed by atoms with van der Waals surface area (Å²) in [6, 6.07) is 5.32. The van der Waals surface area contributed by atoms with E-state index in [9.17, 15) is 13.2 Å². The maximum atomic E-state index is 12.0. The summed E-state index contributed by atoms with van der Waals surface area (Å²) in [5.74, 6) is 0.607. The molecule has 1 aliphatic rings. The molecule has 1 aromatic carbocycles. The van der Waals surface area contributed by atoms with Gasteiger partial charge in [-0.25, -0.2) is 0 Å². The minimum absolute atomic E-state index is 0.470. The number of ether oxygens (including phenoxy) is 1. The molecule has 0 fully saturated rings. The van der Waals surface area contributed by atoms with Gasteiger partial charge in [0.1, 0.15) is 5.75 Å². The Morgan fingerprint density at radius 1 is 1.37 bits per heavy atom. The van der Waals surface area contributed by atoms with Crippen LogP contribution in [-0.2, 0) is 4.84 Å². The van der Waals surface area contributed by atoms with Crippen LogP contribution in [0.25, 0.3) is 0 Å². The first-order chi connectivity index (χ1) is 8.96. The van der Waals surface area contributed by atoms with E-state index < -0.39 is 12.8 Å². The molecule has 0 aromatic heterocycles. The molecule has 0 aliphatic carbocycles. The normalized spacial score (nSPS) is 17.6. The van der Waals surface area contributed by atoms with Crippen molar-refractivity contribution in [1.29, 1.82) is 0 Å². The predicted octanol–water partition coefficient (Wildman–Crippen LogP) is 3.90. The Bertz CT molecular complexity index is 488. The fourth-order valence-electron chi connectivity index (χ4n) is 1.69. The second kappa shape index (κ2) is 5.81. The largest absolute Gasteiger partial charge is 0.493 e. The lowest BCUT2D eigenvalue weighted by molar-refractivity contribution is -0.173. The van der Waals surface area contributed by atoms with Crippen molar-refractivity contribution in [1.82, 2.24) is 0 Å². The van der Waals surface area contributed by atoms with Crippen LogP contribution in [0.5, 0.6) is 5.75 Å². The van der Waals surface area contributed by atoms with E-state index in [1.807, 2.05) is 0 Å². The monoisotopic (exact) mass is 337 g/mol. The number of nitrogens with zero attached hydrogens (tertiary/aromatic N) is 1. The van der Waals surface area contributed by atoms with Gasteiger partial charge in [0.2, 0.25) is 6.61 Å². The number of rotatable bonds is 2. The second-order valence-electron chi connectivity index (χ2n) is 4.02. The van der Waals surface area contributed by atoms with Crippen molar-refractivity contribution < 1.29 is 22.7 Å². The number of benzene rings is 1. The Labute approximate surface area is 116 Å². The molecular weight excluding hydrogens is 327 g/mol. The van der Waals surface area contributed by atoms with E-state index in [4.69, 9.17) is 4.74 Å². The van der Waals surface area contributed by atoms with Gasteiger partial charge in [-0.05, 0) is 31.0 Å². The molecule has 0 saturated carbocycles. The number of alkyl halides is 3. The summed E-state index contributed by atoms with van der Waals surface area (Å²) in [5, 5.41) is 3.61. The highest BCUT2D eigenvalue weighted by Gasteiger charge is 2.29. The Morgan fingerprint density at radius 2 is 2.16 bits per heavy atom. The summed E-state index contributed by atoms with van der Waals surface area (Å²) in [5.41, 5.74) is 1.13. The molecule has 0 bridgehead atoms. The number of hydrogen-bond donors (Lipinski definition) is 0. The zero-order chi connectivity index (χ0) is 13.9. The van der Waals surface area contributed by atoms with E-state index in [1.54, 1.807) is 18.2 Å². The van der Waals surface area contributed by atoms with Gasteiger partial charge in [0.05, 0.1) is 12.3 Å². The Balaban J connectivity index is 2.21. The number of oxime groups is 1. The lowest BCUT2D eigenvalue weighted by Gasteiger charge is -2.09. The van der Waals surface area contributed by atoms with Crippen molar-refractivity contribution in [3.05, 3.63) is 28.2 Å². The van der Waals surface area contributed by atoms with Crippen LogP contribution in [0.1, 0.15) is 18.4 Å². The van der Waals surface area contributed by atoms with Crippen LogP contribution >= 0.6 is 15.9 Å². The SMILES string of the molecule is FC(F)(F)CON=C1CCCOc2ccc(Br)cc21. The molecule has 7 heteroatoms. The van der Waals surface area contributed by atoms with Gasteiger partial charge >= 0.3 is 6.18 Å². The average molecular weight is 338 g/mol. The van der Waals surface area contributed by atoms with Crippen molar-refractivity contribution in [3.8, 4) is 5.75 Å².